The molecule has 158 valence electrons. The Morgan fingerprint density at radius 3 is 2.45 bits per heavy atom. The first-order chi connectivity index (χ1) is 14.7. The fourth-order valence-electron chi connectivity index (χ4n) is 3.41. The largest absolute Gasteiger partial charge is 0.344 e. The van der Waals surface area contributed by atoms with Crippen molar-refractivity contribution in [3.8, 4) is 11.3 Å². The van der Waals surface area contributed by atoms with E-state index in [-0.39, 0.29) is 28.9 Å². The van der Waals surface area contributed by atoms with Crippen LogP contribution in [0.1, 0.15) is 55.5 Å². The number of rotatable bonds is 4. The van der Waals surface area contributed by atoms with Gasteiger partial charge in [-0.2, -0.15) is 5.10 Å². The van der Waals surface area contributed by atoms with Crippen molar-refractivity contribution in [3.05, 3.63) is 89.5 Å². The monoisotopic (exact) mass is 416 g/mol. The average Bonchev–Trinajstić information content (AvgIpc) is 3.18. The molecule has 0 aliphatic heterocycles. The maximum absolute atomic E-state index is 13.9. The average molecular weight is 417 g/mol. The van der Waals surface area contributed by atoms with E-state index in [1.165, 1.54) is 12.1 Å². The summed E-state index contributed by atoms with van der Waals surface area (Å²) in [6, 6.07) is 19.3. The summed E-state index contributed by atoms with van der Waals surface area (Å²) in [5.74, 6) is -0.649. The number of fused-ring (bicyclic) bond motifs is 1. The van der Waals surface area contributed by atoms with E-state index in [0.29, 0.717) is 16.9 Å². The molecular weight excluding hydrogens is 391 g/mol. The van der Waals surface area contributed by atoms with Crippen molar-refractivity contribution in [1.29, 1.82) is 0 Å². The summed E-state index contributed by atoms with van der Waals surface area (Å²) in [5.41, 5.74) is 3.68. The standard InChI is InChI=1S/C25H25FN4O/c1-16(17-9-6-5-7-10-17)27-24(31)20-14-21(18-11-8-12-19(26)13-18)30-23(28-20)15-22(29-30)25(2,3)4/h5-16H,1-4H3,(H,27,31). The van der Waals surface area contributed by atoms with Crippen LogP contribution in [0.25, 0.3) is 16.9 Å². The molecule has 0 fully saturated rings. The Morgan fingerprint density at radius 1 is 1.03 bits per heavy atom. The fraction of sp³-hybridized carbons (Fsp3) is 0.240. The van der Waals surface area contributed by atoms with Crippen molar-refractivity contribution in [2.75, 3.05) is 0 Å². The molecule has 2 heterocycles. The van der Waals surface area contributed by atoms with Crippen LogP contribution in [0.4, 0.5) is 4.39 Å². The number of nitrogens with zero attached hydrogens (tertiary/aromatic N) is 3. The van der Waals surface area contributed by atoms with Crippen molar-refractivity contribution in [1.82, 2.24) is 19.9 Å². The summed E-state index contributed by atoms with van der Waals surface area (Å²) in [5, 5.41) is 7.70. The Balaban J connectivity index is 1.79. The molecule has 1 N–H and O–H groups in total. The van der Waals surface area contributed by atoms with Crippen LogP contribution in [-0.2, 0) is 5.41 Å². The van der Waals surface area contributed by atoms with Crippen LogP contribution in [0.5, 0.6) is 0 Å². The first-order valence-corrected chi connectivity index (χ1v) is 10.3. The van der Waals surface area contributed by atoms with Gasteiger partial charge in [0.1, 0.15) is 11.5 Å². The number of nitrogens with one attached hydrogen (secondary N) is 1. The van der Waals surface area contributed by atoms with Gasteiger partial charge in [-0.05, 0) is 30.7 Å². The van der Waals surface area contributed by atoms with Gasteiger partial charge in [-0.25, -0.2) is 13.9 Å². The van der Waals surface area contributed by atoms with Crippen LogP contribution in [0.15, 0.2) is 66.7 Å². The second kappa shape index (κ2) is 7.95. The molecule has 4 rings (SSSR count). The van der Waals surface area contributed by atoms with Crippen molar-refractivity contribution in [2.45, 2.75) is 39.2 Å². The summed E-state index contributed by atoms with van der Waals surface area (Å²) in [6.07, 6.45) is 0. The van der Waals surface area contributed by atoms with Crippen molar-refractivity contribution < 1.29 is 9.18 Å². The van der Waals surface area contributed by atoms with Gasteiger partial charge in [0.05, 0.1) is 17.4 Å². The van der Waals surface area contributed by atoms with E-state index in [1.54, 1.807) is 22.7 Å². The number of amides is 1. The maximum atomic E-state index is 13.9. The topological polar surface area (TPSA) is 59.3 Å². The first-order valence-electron chi connectivity index (χ1n) is 10.3. The van der Waals surface area contributed by atoms with Crippen LogP contribution in [0, 0.1) is 5.82 Å². The molecule has 0 aliphatic rings. The molecule has 2 aromatic heterocycles. The maximum Gasteiger partial charge on any atom is 0.270 e. The molecule has 5 nitrogen and oxygen atoms in total. The minimum Gasteiger partial charge on any atom is -0.344 e. The molecule has 2 aromatic carbocycles. The number of benzene rings is 2. The Morgan fingerprint density at radius 2 is 1.77 bits per heavy atom. The Hall–Kier alpha value is -3.54. The molecule has 4 aromatic rings. The fourth-order valence-corrected chi connectivity index (χ4v) is 3.41. The third-order valence-electron chi connectivity index (χ3n) is 5.20. The van der Waals surface area contributed by atoms with Crippen LogP contribution in [0.2, 0.25) is 0 Å². The molecule has 1 amide bonds. The van der Waals surface area contributed by atoms with Crippen LogP contribution < -0.4 is 5.32 Å². The van der Waals surface area contributed by atoms with Crippen LogP contribution in [0.3, 0.4) is 0 Å². The van der Waals surface area contributed by atoms with E-state index in [4.69, 9.17) is 5.10 Å². The molecule has 0 radical (unpaired) electrons. The molecule has 0 saturated heterocycles. The number of hydrogen-bond donors (Lipinski definition) is 1. The minimum atomic E-state index is -0.352. The minimum absolute atomic E-state index is 0.181. The second-order valence-corrected chi connectivity index (χ2v) is 8.69. The summed E-state index contributed by atoms with van der Waals surface area (Å²) in [6.45, 7) is 8.11. The number of hydrogen-bond acceptors (Lipinski definition) is 3. The van der Waals surface area contributed by atoms with Crippen LogP contribution in [-0.4, -0.2) is 20.5 Å². The summed E-state index contributed by atoms with van der Waals surface area (Å²) in [4.78, 5) is 17.6. The van der Waals surface area contributed by atoms with Gasteiger partial charge in [0.2, 0.25) is 0 Å². The van der Waals surface area contributed by atoms with E-state index < -0.39 is 0 Å². The SMILES string of the molecule is CC(NC(=O)c1cc(-c2cccc(F)c2)n2nc(C(C)(C)C)cc2n1)c1ccccc1. The van der Waals surface area contributed by atoms with E-state index in [0.717, 1.165) is 11.3 Å². The Kier molecular flexibility index (Phi) is 5.31. The Bertz CT molecular complexity index is 1240. The number of carbonyl (C=O) groups excluding carboxylic acids is 1. The molecule has 0 bridgehead atoms. The number of halogens is 1. The summed E-state index contributed by atoms with van der Waals surface area (Å²) >= 11 is 0. The third-order valence-corrected chi connectivity index (χ3v) is 5.20. The highest BCUT2D eigenvalue weighted by Crippen LogP contribution is 2.27. The normalized spacial score (nSPS) is 12.7. The van der Waals surface area contributed by atoms with E-state index in [1.807, 2.05) is 43.3 Å². The molecule has 1 unspecified atom stereocenters. The smallest absolute Gasteiger partial charge is 0.270 e. The van der Waals surface area contributed by atoms with Crippen molar-refractivity contribution >= 4 is 11.6 Å². The van der Waals surface area contributed by atoms with Gasteiger partial charge in [0.25, 0.3) is 5.91 Å². The molecule has 0 spiro atoms. The lowest BCUT2D eigenvalue weighted by molar-refractivity contribution is 0.0935. The third kappa shape index (κ3) is 4.33. The lowest BCUT2D eigenvalue weighted by Gasteiger charge is -2.15. The van der Waals surface area contributed by atoms with Gasteiger partial charge in [0.15, 0.2) is 5.65 Å². The highest BCUT2D eigenvalue weighted by Gasteiger charge is 2.22. The zero-order chi connectivity index (χ0) is 22.2. The number of carbonyl (C=O) groups is 1. The van der Waals surface area contributed by atoms with Gasteiger partial charge >= 0.3 is 0 Å². The zero-order valence-electron chi connectivity index (χ0n) is 18.1. The molecule has 1 atom stereocenters. The van der Waals surface area contributed by atoms with Crippen molar-refractivity contribution in [3.63, 3.8) is 0 Å². The van der Waals surface area contributed by atoms with Gasteiger partial charge in [-0.3, -0.25) is 4.79 Å². The molecule has 0 aliphatic carbocycles. The zero-order valence-corrected chi connectivity index (χ0v) is 18.1. The van der Waals surface area contributed by atoms with E-state index in [9.17, 15) is 9.18 Å². The Labute approximate surface area is 181 Å². The van der Waals surface area contributed by atoms with Gasteiger partial charge in [0, 0.05) is 17.0 Å². The molecule has 0 saturated carbocycles. The molecular formula is C25H25FN4O. The summed E-state index contributed by atoms with van der Waals surface area (Å²) in [7, 11) is 0. The van der Waals surface area contributed by atoms with E-state index in [2.05, 4.69) is 31.1 Å². The van der Waals surface area contributed by atoms with E-state index >= 15 is 0 Å². The summed E-state index contributed by atoms with van der Waals surface area (Å²) < 4.78 is 15.6. The van der Waals surface area contributed by atoms with Crippen molar-refractivity contribution in [2.24, 2.45) is 0 Å². The predicted molar refractivity (Wildman–Crippen MR) is 119 cm³/mol. The first kappa shape index (κ1) is 20.7. The quantitative estimate of drug-likeness (QED) is 0.490. The van der Waals surface area contributed by atoms with Crippen LogP contribution >= 0.6 is 0 Å². The highest BCUT2D eigenvalue weighted by atomic mass is 19.1. The molecule has 31 heavy (non-hydrogen) atoms. The van der Waals surface area contributed by atoms with Gasteiger partial charge < -0.3 is 5.32 Å². The highest BCUT2D eigenvalue weighted by molar-refractivity contribution is 5.94. The van der Waals surface area contributed by atoms with Gasteiger partial charge in [-0.15, -0.1) is 0 Å². The lowest BCUT2D eigenvalue weighted by Crippen LogP contribution is -2.27. The second-order valence-electron chi connectivity index (χ2n) is 8.69. The van der Waals surface area contributed by atoms with Gasteiger partial charge in [-0.1, -0.05) is 63.2 Å². The lowest BCUT2D eigenvalue weighted by atomic mass is 9.93. The molecule has 6 heteroatoms. The predicted octanol–water partition coefficient (Wildman–Crippen LogP) is 5.32. The number of aromatic nitrogens is 3.